The highest BCUT2D eigenvalue weighted by atomic mass is 16.5. The molecule has 0 saturated heterocycles. The Kier molecular flexibility index (Phi) is 4.36. The number of rotatable bonds is 5. The van der Waals surface area contributed by atoms with Crippen molar-refractivity contribution >= 4 is 11.6 Å². The summed E-state index contributed by atoms with van der Waals surface area (Å²) in [7, 11) is 1.56. The van der Waals surface area contributed by atoms with Gasteiger partial charge in [0.25, 0.3) is 5.91 Å². The van der Waals surface area contributed by atoms with Crippen LogP contribution in [0.2, 0.25) is 0 Å². The van der Waals surface area contributed by atoms with Gasteiger partial charge in [-0.05, 0) is 68.4 Å². The molecule has 1 aromatic carbocycles. The van der Waals surface area contributed by atoms with E-state index in [1.54, 1.807) is 25.4 Å². The van der Waals surface area contributed by atoms with Gasteiger partial charge in [0.15, 0.2) is 0 Å². The van der Waals surface area contributed by atoms with Crippen molar-refractivity contribution in [3.63, 3.8) is 0 Å². The molecule has 0 unspecified atom stereocenters. The largest absolute Gasteiger partial charge is 0.495 e. The first-order chi connectivity index (χ1) is 12.6. The van der Waals surface area contributed by atoms with Gasteiger partial charge in [0, 0.05) is 11.7 Å². The molecule has 5 nitrogen and oxygen atoms in total. The number of methoxy groups -OCH3 is 1. The van der Waals surface area contributed by atoms with Gasteiger partial charge in [0.05, 0.1) is 12.8 Å². The minimum Gasteiger partial charge on any atom is -0.495 e. The molecule has 2 N–H and O–H groups in total. The number of benzene rings is 1. The van der Waals surface area contributed by atoms with Crippen molar-refractivity contribution in [2.75, 3.05) is 12.4 Å². The van der Waals surface area contributed by atoms with Crippen LogP contribution >= 0.6 is 0 Å². The van der Waals surface area contributed by atoms with Crippen LogP contribution in [0.15, 0.2) is 36.0 Å². The SMILES string of the molecule is COc1ccccc1NC(=O)/C(C#N)=C\NC12CC3CC(CC(C3)C1)C2. The van der Waals surface area contributed by atoms with Gasteiger partial charge in [0.2, 0.25) is 0 Å². The summed E-state index contributed by atoms with van der Waals surface area (Å²) >= 11 is 0. The fourth-order valence-electron chi connectivity index (χ4n) is 5.60. The zero-order chi connectivity index (χ0) is 18.1. The van der Waals surface area contributed by atoms with Crippen LogP contribution < -0.4 is 15.4 Å². The molecule has 0 aliphatic heterocycles. The molecule has 4 aliphatic carbocycles. The fraction of sp³-hybridized carbons (Fsp3) is 0.524. The van der Waals surface area contributed by atoms with Gasteiger partial charge in [-0.3, -0.25) is 4.79 Å². The minimum absolute atomic E-state index is 0.0849. The molecule has 26 heavy (non-hydrogen) atoms. The summed E-state index contributed by atoms with van der Waals surface area (Å²) in [4.78, 5) is 12.5. The second-order valence-corrected chi connectivity index (χ2v) is 8.17. The van der Waals surface area contributed by atoms with Crippen molar-refractivity contribution in [2.45, 2.75) is 44.1 Å². The molecular weight excluding hydrogens is 326 g/mol. The molecule has 5 rings (SSSR count). The third kappa shape index (κ3) is 3.16. The highest BCUT2D eigenvalue weighted by Crippen LogP contribution is 2.55. The van der Waals surface area contributed by atoms with Crippen LogP contribution in [0.4, 0.5) is 5.69 Å². The van der Waals surface area contributed by atoms with Gasteiger partial charge in [-0.25, -0.2) is 0 Å². The van der Waals surface area contributed by atoms with Crippen LogP contribution in [0, 0.1) is 29.1 Å². The molecule has 5 heteroatoms. The second kappa shape index (κ2) is 6.68. The molecule has 4 aliphatic rings. The number of carbonyl (C=O) groups excluding carboxylic acids is 1. The Bertz CT molecular complexity index is 742. The van der Waals surface area contributed by atoms with Gasteiger partial charge >= 0.3 is 0 Å². The molecule has 0 aromatic heterocycles. The van der Waals surface area contributed by atoms with E-state index in [2.05, 4.69) is 10.6 Å². The molecular formula is C21H25N3O2. The lowest BCUT2D eigenvalue weighted by atomic mass is 9.53. The monoisotopic (exact) mass is 351 g/mol. The second-order valence-electron chi connectivity index (χ2n) is 8.17. The lowest BCUT2D eigenvalue weighted by Gasteiger charge is -2.56. The van der Waals surface area contributed by atoms with E-state index in [0.29, 0.717) is 11.4 Å². The first-order valence-corrected chi connectivity index (χ1v) is 9.43. The van der Waals surface area contributed by atoms with E-state index >= 15 is 0 Å². The average Bonchev–Trinajstić information content (AvgIpc) is 2.61. The predicted molar refractivity (Wildman–Crippen MR) is 99.4 cm³/mol. The standard InChI is InChI=1S/C21H25N3O2/c1-26-19-5-3-2-4-18(19)24-20(25)17(12-22)13-23-21-9-14-6-15(10-21)8-16(7-14)11-21/h2-5,13-16,23H,6-11H2,1H3,(H,24,25)/b17-13-. The van der Waals surface area contributed by atoms with Crippen LogP contribution in [-0.4, -0.2) is 18.6 Å². The highest BCUT2D eigenvalue weighted by molar-refractivity contribution is 6.07. The highest BCUT2D eigenvalue weighted by Gasteiger charge is 2.50. The molecule has 4 bridgehead atoms. The van der Waals surface area contributed by atoms with Crippen molar-refractivity contribution in [3.05, 3.63) is 36.0 Å². The number of anilines is 1. The van der Waals surface area contributed by atoms with Gasteiger partial charge in [-0.15, -0.1) is 0 Å². The number of amides is 1. The number of nitrogens with one attached hydrogen (secondary N) is 2. The number of ether oxygens (including phenoxy) is 1. The summed E-state index contributed by atoms with van der Waals surface area (Å²) in [6.45, 7) is 0. The zero-order valence-corrected chi connectivity index (χ0v) is 15.1. The first-order valence-electron chi connectivity index (χ1n) is 9.43. The Balaban J connectivity index is 1.47. The number of nitrogens with zero attached hydrogens (tertiary/aromatic N) is 1. The number of para-hydroxylation sites is 2. The average molecular weight is 351 g/mol. The summed E-state index contributed by atoms with van der Waals surface area (Å²) in [6, 6.07) is 9.24. The van der Waals surface area contributed by atoms with Gasteiger partial charge < -0.3 is 15.4 Å². The Morgan fingerprint density at radius 3 is 2.38 bits per heavy atom. The third-order valence-electron chi connectivity index (χ3n) is 6.28. The maximum Gasteiger partial charge on any atom is 0.267 e. The molecule has 1 aromatic rings. The van der Waals surface area contributed by atoms with Crippen molar-refractivity contribution < 1.29 is 9.53 Å². The van der Waals surface area contributed by atoms with Gasteiger partial charge in [0.1, 0.15) is 17.4 Å². The molecule has 0 atom stereocenters. The lowest BCUT2D eigenvalue weighted by Crippen LogP contribution is -2.57. The van der Waals surface area contributed by atoms with Crippen molar-refractivity contribution in [1.29, 1.82) is 5.26 Å². The quantitative estimate of drug-likeness (QED) is 0.628. The van der Waals surface area contributed by atoms with Crippen LogP contribution in [0.3, 0.4) is 0 Å². The fourth-order valence-corrected chi connectivity index (χ4v) is 5.60. The van der Waals surface area contributed by atoms with Crippen molar-refractivity contribution in [3.8, 4) is 11.8 Å². The Morgan fingerprint density at radius 1 is 1.19 bits per heavy atom. The number of carbonyl (C=O) groups is 1. The van der Waals surface area contributed by atoms with Crippen molar-refractivity contribution in [2.24, 2.45) is 17.8 Å². The topological polar surface area (TPSA) is 74.1 Å². The van der Waals surface area contributed by atoms with E-state index < -0.39 is 5.91 Å². The predicted octanol–water partition coefficient (Wildman–Crippen LogP) is 3.60. The lowest BCUT2D eigenvalue weighted by molar-refractivity contribution is -0.112. The van der Waals surface area contributed by atoms with Crippen LogP contribution in [0.1, 0.15) is 38.5 Å². The van der Waals surface area contributed by atoms with Crippen molar-refractivity contribution in [1.82, 2.24) is 5.32 Å². The molecule has 4 fully saturated rings. The summed E-state index contributed by atoms with van der Waals surface area (Å²) in [5.74, 6) is 2.61. The number of hydrogen-bond donors (Lipinski definition) is 2. The number of hydrogen-bond acceptors (Lipinski definition) is 4. The van der Waals surface area contributed by atoms with Gasteiger partial charge in [-0.2, -0.15) is 5.26 Å². The molecule has 0 heterocycles. The van der Waals surface area contributed by atoms with Crippen LogP contribution in [-0.2, 0) is 4.79 Å². The summed E-state index contributed by atoms with van der Waals surface area (Å²) < 4.78 is 5.25. The molecule has 4 saturated carbocycles. The van der Waals surface area contributed by atoms with E-state index in [1.165, 1.54) is 38.5 Å². The Morgan fingerprint density at radius 2 is 1.81 bits per heavy atom. The molecule has 0 radical (unpaired) electrons. The Hall–Kier alpha value is -2.48. The summed E-state index contributed by atoms with van der Waals surface area (Å²) in [5, 5.41) is 15.7. The van der Waals surface area contributed by atoms with Crippen LogP contribution in [0.25, 0.3) is 0 Å². The maximum atomic E-state index is 12.5. The molecule has 0 spiro atoms. The van der Waals surface area contributed by atoms with E-state index in [1.807, 2.05) is 18.2 Å². The molecule has 136 valence electrons. The van der Waals surface area contributed by atoms with E-state index in [-0.39, 0.29) is 11.1 Å². The van der Waals surface area contributed by atoms with Crippen LogP contribution in [0.5, 0.6) is 5.75 Å². The summed E-state index contributed by atoms with van der Waals surface area (Å²) in [6.07, 6.45) is 9.24. The number of nitriles is 1. The van der Waals surface area contributed by atoms with E-state index in [0.717, 1.165) is 17.8 Å². The minimum atomic E-state index is -0.408. The third-order valence-corrected chi connectivity index (χ3v) is 6.28. The smallest absolute Gasteiger partial charge is 0.267 e. The van der Waals surface area contributed by atoms with E-state index in [9.17, 15) is 10.1 Å². The van der Waals surface area contributed by atoms with E-state index in [4.69, 9.17) is 4.74 Å². The Labute approximate surface area is 154 Å². The molecule has 1 amide bonds. The maximum absolute atomic E-state index is 12.5. The normalized spacial score (nSPS) is 32.0. The van der Waals surface area contributed by atoms with Gasteiger partial charge in [-0.1, -0.05) is 12.1 Å². The first kappa shape index (κ1) is 17.0. The zero-order valence-electron chi connectivity index (χ0n) is 15.1. The summed E-state index contributed by atoms with van der Waals surface area (Å²) in [5.41, 5.74) is 0.754.